The first-order valence-electron chi connectivity index (χ1n) is 7.22. The van der Waals surface area contributed by atoms with E-state index in [9.17, 15) is 0 Å². The highest BCUT2D eigenvalue weighted by Gasteiger charge is 2.19. The molecular weight excluding hydrogens is 210 g/mol. The maximum Gasteiger partial charge on any atom is 0.000451 e. The number of nitrogens with two attached hydrogens (primary N) is 1. The van der Waals surface area contributed by atoms with Crippen LogP contribution >= 0.6 is 0 Å². The third-order valence-corrected chi connectivity index (χ3v) is 4.09. The number of nitrogens with zero attached hydrogens (tertiary/aromatic N) is 2. The zero-order valence-electron chi connectivity index (χ0n) is 12.0. The van der Waals surface area contributed by atoms with E-state index in [1.54, 1.807) is 0 Å². The molecule has 0 bridgehead atoms. The summed E-state index contributed by atoms with van der Waals surface area (Å²) in [5.41, 5.74) is 5.75. The average molecular weight is 241 g/mol. The van der Waals surface area contributed by atoms with Crippen LogP contribution in [0, 0.1) is 11.8 Å². The van der Waals surface area contributed by atoms with E-state index in [1.807, 2.05) is 0 Å². The smallest absolute Gasteiger partial charge is 0.000451 e. The summed E-state index contributed by atoms with van der Waals surface area (Å²) in [6, 6.07) is 0. The van der Waals surface area contributed by atoms with Gasteiger partial charge in [0.1, 0.15) is 0 Å². The van der Waals surface area contributed by atoms with Crippen molar-refractivity contribution in [1.82, 2.24) is 9.80 Å². The highest BCUT2D eigenvalue weighted by molar-refractivity contribution is 4.74. The third kappa shape index (κ3) is 5.84. The van der Waals surface area contributed by atoms with Crippen molar-refractivity contribution >= 4 is 0 Å². The van der Waals surface area contributed by atoms with E-state index in [0.717, 1.165) is 18.4 Å². The molecule has 1 atom stereocenters. The monoisotopic (exact) mass is 241 g/mol. The fourth-order valence-corrected chi connectivity index (χ4v) is 2.76. The Morgan fingerprint density at radius 1 is 1.29 bits per heavy atom. The van der Waals surface area contributed by atoms with Gasteiger partial charge in [-0.1, -0.05) is 13.3 Å². The van der Waals surface area contributed by atoms with E-state index in [-0.39, 0.29) is 0 Å². The Kier molecular flexibility index (Phi) is 7.09. The average Bonchev–Trinajstić information content (AvgIpc) is 2.32. The van der Waals surface area contributed by atoms with Gasteiger partial charge in [-0.15, -0.1) is 0 Å². The van der Waals surface area contributed by atoms with Crippen molar-refractivity contribution < 1.29 is 0 Å². The number of hydrogen-bond donors (Lipinski definition) is 1. The standard InChI is InChI=1S/C14H31N3/c1-4-13(11-15)5-8-17-9-6-14(7-10-17)12-16(2)3/h13-14H,4-12,15H2,1-3H3. The number of piperidine rings is 1. The molecule has 1 unspecified atom stereocenters. The lowest BCUT2D eigenvalue weighted by Gasteiger charge is -2.33. The van der Waals surface area contributed by atoms with E-state index >= 15 is 0 Å². The zero-order chi connectivity index (χ0) is 12.7. The molecule has 0 aromatic rings. The van der Waals surface area contributed by atoms with Gasteiger partial charge in [0.2, 0.25) is 0 Å². The second kappa shape index (κ2) is 8.06. The number of likely N-dealkylation sites (tertiary alicyclic amines) is 1. The number of rotatable bonds is 7. The van der Waals surface area contributed by atoms with Gasteiger partial charge in [-0.3, -0.25) is 0 Å². The van der Waals surface area contributed by atoms with Gasteiger partial charge in [-0.2, -0.15) is 0 Å². The summed E-state index contributed by atoms with van der Waals surface area (Å²) in [6.45, 7) is 8.20. The van der Waals surface area contributed by atoms with Crippen molar-refractivity contribution in [3.8, 4) is 0 Å². The maximum absolute atomic E-state index is 5.75. The van der Waals surface area contributed by atoms with Gasteiger partial charge in [0.25, 0.3) is 0 Å². The first kappa shape index (κ1) is 14.9. The van der Waals surface area contributed by atoms with Crippen molar-refractivity contribution in [3.63, 3.8) is 0 Å². The molecule has 1 rings (SSSR count). The van der Waals surface area contributed by atoms with Crippen molar-refractivity contribution in [3.05, 3.63) is 0 Å². The quantitative estimate of drug-likeness (QED) is 0.735. The van der Waals surface area contributed by atoms with Crippen LogP contribution in [0.1, 0.15) is 32.6 Å². The van der Waals surface area contributed by atoms with Gasteiger partial charge in [0, 0.05) is 6.54 Å². The van der Waals surface area contributed by atoms with Crippen molar-refractivity contribution in [2.45, 2.75) is 32.6 Å². The predicted molar refractivity (Wildman–Crippen MR) is 75.2 cm³/mol. The molecule has 1 saturated heterocycles. The Hall–Kier alpha value is -0.120. The summed E-state index contributed by atoms with van der Waals surface area (Å²) in [5, 5.41) is 0. The van der Waals surface area contributed by atoms with Crippen molar-refractivity contribution in [2.75, 3.05) is 46.8 Å². The highest BCUT2D eigenvalue weighted by atomic mass is 15.1. The van der Waals surface area contributed by atoms with Crippen LogP contribution in [0.2, 0.25) is 0 Å². The molecule has 0 saturated carbocycles. The molecule has 0 aromatic heterocycles. The van der Waals surface area contributed by atoms with Crippen LogP contribution in [-0.4, -0.2) is 56.6 Å². The summed E-state index contributed by atoms with van der Waals surface area (Å²) in [7, 11) is 4.36. The predicted octanol–water partition coefficient (Wildman–Crippen LogP) is 1.64. The largest absolute Gasteiger partial charge is 0.330 e. The molecule has 0 radical (unpaired) electrons. The lowest BCUT2D eigenvalue weighted by molar-refractivity contribution is 0.155. The molecule has 1 fully saturated rings. The molecule has 2 N–H and O–H groups in total. The van der Waals surface area contributed by atoms with Crippen LogP contribution in [-0.2, 0) is 0 Å². The lowest BCUT2D eigenvalue weighted by atomic mass is 9.95. The van der Waals surface area contributed by atoms with Gasteiger partial charge < -0.3 is 15.5 Å². The maximum atomic E-state index is 5.75. The van der Waals surface area contributed by atoms with E-state index in [4.69, 9.17) is 5.73 Å². The second-order valence-electron chi connectivity index (χ2n) is 5.85. The molecule has 1 aliphatic heterocycles. The molecule has 0 aliphatic carbocycles. The molecule has 102 valence electrons. The normalized spacial score (nSPS) is 21.0. The summed E-state index contributed by atoms with van der Waals surface area (Å²) >= 11 is 0. The summed E-state index contributed by atoms with van der Waals surface area (Å²) < 4.78 is 0. The van der Waals surface area contributed by atoms with E-state index < -0.39 is 0 Å². The summed E-state index contributed by atoms with van der Waals surface area (Å²) in [4.78, 5) is 4.95. The first-order valence-corrected chi connectivity index (χ1v) is 7.22. The second-order valence-corrected chi connectivity index (χ2v) is 5.85. The summed E-state index contributed by atoms with van der Waals surface area (Å²) in [6.07, 6.45) is 5.26. The Morgan fingerprint density at radius 2 is 1.94 bits per heavy atom. The van der Waals surface area contributed by atoms with Crippen LogP contribution in [0.15, 0.2) is 0 Å². The zero-order valence-corrected chi connectivity index (χ0v) is 12.0. The summed E-state index contributed by atoms with van der Waals surface area (Å²) in [5.74, 6) is 1.65. The van der Waals surface area contributed by atoms with Crippen molar-refractivity contribution in [1.29, 1.82) is 0 Å². The molecule has 3 heteroatoms. The van der Waals surface area contributed by atoms with Gasteiger partial charge in [0.05, 0.1) is 0 Å². The topological polar surface area (TPSA) is 32.5 Å². The minimum absolute atomic E-state index is 0.731. The third-order valence-electron chi connectivity index (χ3n) is 4.09. The number of hydrogen-bond acceptors (Lipinski definition) is 3. The van der Waals surface area contributed by atoms with Crippen LogP contribution in [0.3, 0.4) is 0 Å². The van der Waals surface area contributed by atoms with Crippen molar-refractivity contribution in [2.24, 2.45) is 17.6 Å². The molecular formula is C14H31N3. The molecule has 17 heavy (non-hydrogen) atoms. The van der Waals surface area contributed by atoms with E-state index in [0.29, 0.717) is 0 Å². The minimum Gasteiger partial charge on any atom is -0.330 e. The molecule has 1 heterocycles. The Balaban J connectivity index is 2.14. The van der Waals surface area contributed by atoms with Crippen LogP contribution < -0.4 is 5.73 Å². The fourth-order valence-electron chi connectivity index (χ4n) is 2.76. The first-order chi connectivity index (χ1) is 8.15. The van der Waals surface area contributed by atoms with Gasteiger partial charge in [-0.25, -0.2) is 0 Å². The van der Waals surface area contributed by atoms with Crippen LogP contribution in [0.5, 0.6) is 0 Å². The van der Waals surface area contributed by atoms with E-state index in [1.165, 1.54) is 51.9 Å². The Morgan fingerprint density at radius 3 is 2.41 bits per heavy atom. The van der Waals surface area contributed by atoms with Crippen LogP contribution in [0.25, 0.3) is 0 Å². The SMILES string of the molecule is CCC(CN)CCN1CCC(CN(C)C)CC1. The van der Waals surface area contributed by atoms with Gasteiger partial charge >= 0.3 is 0 Å². The molecule has 3 nitrogen and oxygen atoms in total. The molecule has 0 aromatic carbocycles. The van der Waals surface area contributed by atoms with Crippen LogP contribution in [0.4, 0.5) is 0 Å². The Labute approximate surface area is 107 Å². The highest BCUT2D eigenvalue weighted by Crippen LogP contribution is 2.18. The fraction of sp³-hybridized carbons (Fsp3) is 1.00. The Bertz CT molecular complexity index is 182. The minimum atomic E-state index is 0.731. The van der Waals surface area contributed by atoms with E-state index in [2.05, 4.69) is 30.8 Å². The molecule has 1 aliphatic rings. The van der Waals surface area contributed by atoms with Gasteiger partial charge in [0.15, 0.2) is 0 Å². The molecule has 0 spiro atoms. The lowest BCUT2D eigenvalue weighted by Crippen LogP contribution is -2.38. The van der Waals surface area contributed by atoms with Gasteiger partial charge in [-0.05, 0) is 71.4 Å². The molecule has 0 amide bonds.